The van der Waals surface area contributed by atoms with Crippen molar-refractivity contribution in [1.29, 1.82) is 0 Å². The first-order chi connectivity index (χ1) is 16.5. The number of nitrogens with one attached hydrogen (secondary N) is 2. The normalized spacial score (nSPS) is 20.8. The van der Waals surface area contributed by atoms with Crippen molar-refractivity contribution in [2.24, 2.45) is 5.41 Å². The SMILES string of the molecule is COc1cc2c(NC3CCN(C)CC3)cc(-c3ccc(C)o3)nc2cc1OC1CC2(CNC2)C1. The van der Waals surface area contributed by atoms with E-state index in [1.807, 2.05) is 25.1 Å². The Morgan fingerprint density at radius 2 is 1.91 bits per heavy atom. The Morgan fingerprint density at radius 1 is 1.12 bits per heavy atom. The predicted octanol–water partition coefficient (Wildman–Crippen LogP) is 4.45. The van der Waals surface area contributed by atoms with Crippen LogP contribution in [0, 0.1) is 12.3 Å². The summed E-state index contributed by atoms with van der Waals surface area (Å²) in [6.45, 7) is 6.39. The fraction of sp³-hybridized carbons (Fsp3) is 0.519. The van der Waals surface area contributed by atoms with E-state index in [0.717, 1.165) is 97.2 Å². The molecule has 1 spiro atoms. The van der Waals surface area contributed by atoms with E-state index in [1.54, 1.807) is 7.11 Å². The van der Waals surface area contributed by atoms with E-state index in [-0.39, 0.29) is 6.10 Å². The summed E-state index contributed by atoms with van der Waals surface area (Å²) < 4.78 is 18.1. The van der Waals surface area contributed by atoms with E-state index in [2.05, 4.69) is 34.7 Å². The van der Waals surface area contributed by atoms with E-state index in [1.165, 1.54) is 0 Å². The van der Waals surface area contributed by atoms with Gasteiger partial charge in [0, 0.05) is 41.7 Å². The van der Waals surface area contributed by atoms with Gasteiger partial charge in [-0.2, -0.15) is 0 Å². The molecule has 2 aromatic heterocycles. The Morgan fingerprint density at radius 3 is 2.56 bits per heavy atom. The number of piperidine rings is 1. The van der Waals surface area contributed by atoms with E-state index in [0.29, 0.717) is 11.5 Å². The molecule has 0 atom stereocenters. The molecule has 7 nitrogen and oxygen atoms in total. The first kappa shape index (κ1) is 21.7. The van der Waals surface area contributed by atoms with E-state index >= 15 is 0 Å². The Kier molecular flexibility index (Phi) is 5.41. The Balaban J connectivity index is 1.36. The Bertz CT molecular complexity index is 1190. The van der Waals surface area contributed by atoms with Gasteiger partial charge in [0.05, 0.1) is 12.6 Å². The van der Waals surface area contributed by atoms with Gasteiger partial charge in [-0.15, -0.1) is 0 Å². The number of fused-ring (bicyclic) bond motifs is 1. The zero-order valence-corrected chi connectivity index (χ0v) is 20.3. The van der Waals surface area contributed by atoms with Crippen LogP contribution in [0.3, 0.4) is 0 Å². The first-order valence-corrected chi connectivity index (χ1v) is 12.4. The second-order valence-corrected chi connectivity index (χ2v) is 10.5. The number of methoxy groups -OCH3 is 1. The lowest BCUT2D eigenvalue weighted by atomic mass is 9.63. The fourth-order valence-corrected chi connectivity index (χ4v) is 5.61. The third kappa shape index (κ3) is 4.01. The van der Waals surface area contributed by atoms with Crippen molar-refractivity contribution < 1.29 is 13.9 Å². The molecular weight excluding hydrogens is 428 g/mol. The van der Waals surface area contributed by atoms with Crippen LogP contribution in [0.5, 0.6) is 11.5 Å². The zero-order valence-electron chi connectivity index (χ0n) is 20.3. The summed E-state index contributed by atoms with van der Waals surface area (Å²) in [5.74, 6) is 3.19. The molecule has 2 aliphatic heterocycles. The summed E-state index contributed by atoms with van der Waals surface area (Å²) in [7, 11) is 3.90. The van der Waals surface area contributed by atoms with Crippen molar-refractivity contribution >= 4 is 16.6 Å². The van der Waals surface area contributed by atoms with Crippen molar-refractivity contribution in [3.05, 3.63) is 36.1 Å². The van der Waals surface area contributed by atoms with Crippen LogP contribution in [-0.2, 0) is 0 Å². The van der Waals surface area contributed by atoms with Gasteiger partial charge in [-0.1, -0.05) is 0 Å². The molecular formula is C27H34N4O3. The van der Waals surface area contributed by atoms with Crippen LogP contribution in [-0.4, -0.2) is 62.4 Å². The minimum absolute atomic E-state index is 0.237. The summed E-state index contributed by atoms with van der Waals surface area (Å²) in [5.41, 5.74) is 3.24. The maximum absolute atomic E-state index is 6.42. The average molecular weight is 463 g/mol. The lowest BCUT2D eigenvalue weighted by Gasteiger charge is -2.53. The van der Waals surface area contributed by atoms with Gasteiger partial charge in [0.25, 0.3) is 0 Å². The molecule has 3 aliphatic rings. The van der Waals surface area contributed by atoms with Crippen molar-refractivity contribution in [3.63, 3.8) is 0 Å². The van der Waals surface area contributed by atoms with E-state index in [4.69, 9.17) is 18.9 Å². The number of aryl methyl sites for hydroxylation is 1. The summed E-state index contributed by atoms with van der Waals surface area (Å²) in [4.78, 5) is 7.37. The van der Waals surface area contributed by atoms with E-state index < -0.39 is 0 Å². The molecule has 180 valence electrons. The molecule has 1 saturated carbocycles. The third-order valence-electron chi connectivity index (χ3n) is 7.78. The number of pyridine rings is 1. The number of rotatable bonds is 6. The Hall–Kier alpha value is -2.77. The second-order valence-electron chi connectivity index (χ2n) is 10.5. The number of ether oxygens (including phenoxy) is 2. The standard InChI is InChI=1S/C27H34N4O3/c1-17-4-5-24(33-17)23-11-21(29-18-6-8-31(2)9-7-18)20-10-25(32-3)26(12-22(20)30-23)34-19-13-27(14-19)15-28-16-27/h4-5,10-12,18-19,28H,6-9,13-16H2,1-3H3,(H,29,30). The molecule has 6 rings (SSSR count). The van der Waals surface area contributed by atoms with Crippen LogP contribution in [0.15, 0.2) is 34.7 Å². The molecule has 0 radical (unpaired) electrons. The van der Waals surface area contributed by atoms with Crippen molar-refractivity contribution in [2.45, 2.75) is 44.8 Å². The molecule has 4 heterocycles. The van der Waals surface area contributed by atoms with Gasteiger partial charge in [0.1, 0.15) is 17.6 Å². The van der Waals surface area contributed by atoms with Crippen LogP contribution >= 0.6 is 0 Å². The number of aromatic nitrogens is 1. The summed E-state index contributed by atoms with van der Waals surface area (Å²) >= 11 is 0. The fourth-order valence-electron chi connectivity index (χ4n) is 5.61. The maximum atomic E-state index is 6.42. The highest BCUT2D eigenvalue weighted by atomic mass is 16.5. The first-order valence-electron chi connectivity index (χ1n) is 12.4. The molecule has 1 aromatic carbocycles. The van der Waals surface area contributed by atoms with Crippen molar-refractivity contribution in [2.75, 3.05) is 45.7 Å². The average Bonchev–Trinajstić information content (AvgIpc) is 3.22. The highest BCUT2D eigenvalue weighted by Crippen LogP contribution is 2.47. The topological polar surface area (TPSA) is 71.8 Å². The number of hydrogen-bond acceptors (Lipinski definition) is 7. The summed E-state index contributed by atoms with van der Waals surface area (Å²) in [5, 5.41) is 8.25. The van der Waals surface area contributed by atoms with Crippen LogP contribution in [0.1, 0.15) is 31.4 Å². The minimum Gasteiger partial charge on any atom is -0.493 e. The van der Waals surface area contributed by atoms with Crippen LogP contribution in [0.25, 0.3) is 22.4 Å². The number of benzene rings is 1. The molecule has 0 bridgehead atoms. The van der Waals surface area contributed by atoms with Crippen molar-refractivity contribution in [1.82, 2.24) is 15.2 Å². The second kappa shape index (κ2) is 8.47. The van der Waals surface area contributed by atoms with Gasteiger partial charge in [-0.25, -0.2) is 4.98 Å². The van der Waals surface area contributed by atoms with Crippen LogP contribution in [0.2, 0.25) is 0 Å². The molecule has 34 heavy (non-hydrogen) atoms. The van der Waals surface area contributed by atoms with E-state index in [9.17, 15) is 0 Å². The largest absolute Gasteiger partial charge is 0.493 e. The van der Waals surface area contributed by atoms with Gasteiger partial charge in [-0.3, -0.25) is 0 Å². The monoisotopic (exact) mass is 462 g/mol. The summed E-state index contributed by atoms with van der Waals surface area (Å²) in [6, 6.07) is 10.6. The van der Waals surface area contributed by atoms with Crippen molar-refractivity contribution in [3.8, 4) is 23.0 Å². The van der Waals surface area contributed by atoms with Crippen LogP contribution < -0.4 is 20.1 Å². The number of nitrogens with zero attached hydrogens (tertiary/aromatic N) is 2. The molecule has 3 fully saturated rings. The summed E-state index contributed by atoms with van der Waals surface area (Å²) in [6.07, 6.45) is 4.67. The third-order valence-corrected chi connectivity index (χ3v) is 7.78. The maximum Gasteiger partial charge on any atom is 0.163 e. The number of furan rings is 1. The molecule has 0 unspecified atom stereocenters. The van der Waals surface area contributed by atoms with Crippen LogP contribution in [0.4, 0.5) is 5.69 Å². The molecule has 2 N–H and O–H groups in total. The lowest BCUT2D eigenvalue weighted by molar-refractivity contribution is -0.0502. The van der Waals surface area contributed by atoms with Gasteiger partial charge in [0.2, 0.25) is 0 Å². The highest BCUT2D eigenvalue weighted by molar-refractivity contribution is 5.95. The molecule has 3 aromatic rings. The molecule has 7 heteroatoms. The minimum atomic E-state index is 0.237. The number of hydrogen-bond donors (Lipinski definition) is 2. The molecule has 0 amide bonds. The zero-order chi connectivity index (χ0) is 23.3. The smallest absolute Gasteiger partial charge is 0.163 e. The van der Waals surface area contributed by atoms with Gasteiger partial charge >= 0.3 is 0 Å². The highest BCUT2D eigenvalue weighted by Gasteiger charge is 2.49. The molecule has 2 saturated heterocycles. The van der Waals surface area contributed by atoms with Gasteiger partial charge in [-0.05, 0) is 77.0 Å². The van der Waals surface area contributed by atoms with Gasteiger partial charge < -0.3 is 29.4 Å². The lowest BCUT2D eigenvalue weighted by Crippen LogP contribution is -2.62. The van der Waals surface area contributed by atoms with Gasteiger partial charge in [0.15, 0.2) is 17.3 Å². The predicted molar refractivity (Wildman–Crippen MR) is 134 cm³/mol. The Labute approximate surface area is 200 Å². The number of likely N-dealkylation sites (tertiary alicyclic amines) is 1. The quantitative estimate of drug-likeness (QED) is 0.561. The molecule has 1 aliphatic carbocycles. The number of anilines is 1.